The quantitative estimate of drug-likeness (QED) is 0.449. The molecule has 5 heteroatoms. The van der Waals surface area contributed by atoms with E-state index < -0.39 is 4.92 Å². The first kappa shape index (κ1) is 12.4. The van der Waals surface area contributed by atoms with E-state index in [2.05, 4.69) is 0 Å². The van der Waals surface area contributed by atoms with Crippen LogP contribution in [0.25, 0.3) is 6.08 Å². The third kappa shape index (κ3) is 3.77. The van der Waals surface area contributed by atoms with Crippen molar-refractivity contribution in [2.24, 2.45) is 0 Å². The maximum atomic E-state index is 10.4. The maximum absolute atomic E-state index is 10.4. The Morgan fingerprint density at radius 3 is 2.47 bits per heavy atom. The smallest absolute Gasteiger partial charge is 0.258 e. The molecule has 1 aromatic rings. The summed E-state index contributed by atoms with van der Waals surface area (Å²) in [6, 6.07) is 9.86. The molecule has 0 bridgehead atoms. The zero-order valence-electron chi connectivity index (χ0n) is 8.96. The highest BCUT2D eigenvalue weighted by atomic mass is 16.6. The van der Waals surface area contributed by atoms with Gasteiger partial charge in [0.05, 0.1) is 17.1 Å². The van der Waals surface area contributed by atoms with Gasteiger partial charge in [-0.1, -0.05) is 0 Å². The highest BCUT2D eigenvalue weighted by Gasteiger charge is 2.03. The van der Waals surface area contributed by atoms with Gasteiger partial charge in [0, 0.05) is 24.1 Å². The average molecular weight is 227 g/mol. The zero-order valence-corrected chi connectivity index (χ0v) is 8.96. The lowest BCUT2D eigenvalue weighted by Crippen LogP contribution is -1.87. The fourth-order valence-corrected chi connectivity index (χ4v) is 1.24. The van der Waals surface area contributed by atoms with Gasteiger partial charge in [-0.25, -0.2) is 0 Å². The van der Waals surface area contributed by atoms with Crippen LogP contribution in [-0.4, -0.2) is 4.92 Å². The molecular formula is C12H9N3O2. The van der Waals surface area contributed by atoms with Crippen molar-refractivity contribution in [3.63, 3.8) is 0 Å². The minimum atomic E-state index is -0.478. The third-order valence-electron chi connectivity index (χ3n) is 2.09. The molecule has 0 spiro atoms. The molecule has 0 radical (unpaired) electrons. The molecule has 0 unspecified atom stereocenters. The van der Waals surface area contributed by atoms with Crippen molar-refractivity contribution < 1.29 is 4.92 Å². The van der Waals surface area contributed by atoms with Gasteiger partial charge < -0.3 is 0 Å². The summed E-state index contributed by atoms with van der Waals surface area (Å²) in [4.78, 5) is 9.96. The normalized spacial score (nSPS) is 10.4. The Labute approximate surface area is 98.4 Å². The molecular weight excluding hydrogens is 218 g/mol. The number of hydrogen-bond acceptors (Lipinski definition) is 4. The first-order valence-corrected chi connectivity index (χ1v) is 4.89. The first-order valence-electron chi connectivity index (χ1n) is 4.89. The van der Waals surface area contributed by atoms with Crippen LogP contribution >= 0.6 is 0 Å². The van der Waals surface area contributed by atoms with E-state index in [0.29, 0.717) is 17.6 Å². The van der Waals surface area contributed by atoms with E-state index >= 15 is 0 Å². The number of nitriles is 2. The van der Waals surface area contributed by atoms with Crippen LogP contribution < -0.4 is 0 Å². The first-order chi connectivity index (χ1) is 8.17. The number of nitrogens with zero attached hydrogens (tertiary/aromatic N) is 3. The summed E-state index contributed by atoms with van der Waals surface area (Å²) >= 11 is 0. The van der Waals surface area contributed by atoms with E-state index in [1.807, 2.05) is 12.1 Å². The monoisotopic (exact) mass is 227 g/mol. The summed E-state index contributed by atoms with van der Waals surface area (Å²) in [6.07, 6.45) is 2.30. The molecule has 0 fully saturated rings. The van der Waals surface area contributed by atoms with Gasteiger partial charge in [0.25, 0.3) is 5.69 Å². The Hall–Kier alpha value is -2.66. The second-order valence-corrected chi connectivity index (χ2v) is 3.29. The van der Waals surface area contributed by atoms with Gasteiger partial charge in [0.15, 0.2) is 0 Å². The van der Waals surface area contributed by atoms with Gasteiger partial charge in [-0.05, 0) is 30.2 Å². The summed E-state index contributed by atoms with van der Waals surface area (Å²) < 4.78 is 0. The summed E-state index contributed by atoms with van der Waals surface area (Å²) in [5.74, 6) is 0. The molecule has 84 valence electrons. The molecule has 0 aliphatic rings. The number of nitro groups is 1. The van der Waals surface area contributed by atoms with Gasteiger partial charge in [-0.2, -0.15) is 10.5 Å². The average Bonchev–Trinajstić information content (AvgIpc) is 2.35. The topological polar surface area (TPSA) is 90.7 Å². The number of nitro benzene ring substituents is 1. The van der Waals surface area contributed by atoms with Crippen molar-refractivity contribution >= 4 is 11.8 Å². The number of allylic oxidation sites excluding steroid dienone is 1. The second-order valence-electron chi connectivity index (χ2n) is 3.29. The predicted molar refractivity (Wildman–Crippen MR) is 61.5 cm³/mol. The van der Waals surface area contributed by atoms with Crippen LogP contribution in [0.4, 0.5) is 5.69 Å². The minimum Gasteiger partial charge on any atom is -0.258 e. The SMILES string of the molecule is N#CCC/C(C#N)=C\c1ccc([N+](=O)[O-])cc1. The summed E-state index contributed by atoms with van der Waals surface area (Å²) in [5, 5.41) is 27.7. The van der Waals surface area contributed by atoms with Crippen molar-refractivity contribution in [3.05, 3.63) is 45.5 Å². The van der Waals surface area contributed by atoms with Crippen molar-refractivity contribution in [2.75, 3.05) is 0 Å². The molecule has 17 heavy (non-hydrogen) atoms. The molecule has 0 atom stereocenters. The summed E-state index contributed by atoms with van der Waals surface area (Å²) in [6.45, 7) is 0. The molecule has 5 nitrogen and oxygen atoms in total. The largest absolute Gasteiger partial charge is 0.269 e. The highest BCUT2D eigenvalue weighted by molar-refractivity contribution is 5.58. The molecule has 0 amide bonds. The fourth-order valence-electron chi connectivity index (χ4n) is 1.24. The maximum Gasteiger partial charge on any atom is 0.269 e. The molecule has 0 N–H and O–H groups in total. The molecule has 0 heterocycles. The van der Waals surface area contributed by atoms with Crippen molar-refractivity contribution in [1.29, 1.82) is 10.5 Å². The van der Waals surface area contributed by atoms with E-state index in [1.165, 1.54) is 12.1 Å². The lowest BCUT2D eigenvalue weighted by atomic mass is 10.1. The van der Waals surface area contributed by atoms with E-state index in [9.17, 15) is 10.1 Å². The Morgan fingerprint density at radius 1 is 1.35 bits per heavy atom. The van der Waals surface area contributed by atoms with Crippen LogP contribution in [0.15, 0.2) is 29.8 Å². The van der Waals surface area contributed by atoms with E-state index in [4.69, 9.17) is 10.5 Å². The Bertz CT molecular complexity index is 518. The molecule has 0 saturated carbocycles. The minimum absolute atomic E-state index is 0.0117. The molecule has 1 aromatic carbocycles. The van der Waals surface area contributed by atoms with Crippen molar-refractivity contribution in [2.45, 2.75) is 12.8 Å². The van der Waals surface area contributed by atoms with Crippen LogP contribution in [0, 0.1) is 32.8 Å². The van der Waals surface area contributed by atoms with E-state index in [-0.39, 0.29) is 12.1 Å². The Kier molecular flexibility index (Phi) is 4.41. The van der Waals surface area contributed by atoms with E-state index in [1.54, 1.807) is 18.2 Å². The summed E-state index contributed by atoms with van der Waals surface area (Å²) in [7, 11) is 0. The number of benzene rings is 1. The summed E-state index contributed by atoms with van der Waals surface area (Å²) in [5.41, 5.74) is 1.21. The number of rotatable bonds is 4. The molecule has 0 aromatic heterocycles. The highest BCUT2D eigenvalue weighted by Crippen LogP contribution is 2.15. The second kappa shape index (κ2) is 6.04. The molecule has 1 rings (SSSR count). The number of hydrogen-bond donors (Lipinski definition) is 0. The Morgan fingerprint density at radius 2 is 2.00 bits per heavy atom. The van der Waals surface area contributed by atoms with Crippen LogP contribution in [0.1, 0.15) is 18.4 Å². The molecule has 0 saturated heterocycles. The van der Waals surface area contributed by atoms with Crippen LogP contribution in [0.2, 0.25) is 0 Å². The predicted octanol–water partition coefficient (Wildman–Crippen LogP) is 2.81. The van der Waals surface area contributed by atoms with Crippen molar-refractivity contribution in [3.8, 4) is 12.1 Å². The molecule has 0 aliphatic carbocycles. The third-order valence-corrected chi connectivity index (χ3v) is 2.09. The van der Waals surface area contributed by atoms with Crippen LogP contribution in [-0.2, 0) is 0 Å². The standard InChI is InChI=1S/C12H9N3O2/c13-7-1-2-11(9-14)8-10-3-5-12(6-4-10)15(16)17/h3-6,8H,1-2H2/b11-8+. The van der Waals surface area contributed by atoms with Gasteiger partial charge in [-0.15, -0.1) is 0 Å². The fraction of sp³-hybridized carbons (Fsp3) is 0.167. The van der Waals surface area contributed by atoms with E-state index in [0.717, 1.165) is 0 Å². The van der Waals surface area contributed by atoms with Gasteiger partial charge in [-0.3, -0.25) is 10.1 Å². The lowest BCUT2D eigenvalue weighted by molar-refractivity contribution is -0.384. The van der Waals surface area contributed by atoms with Crippen LogP contribution in [0.5, 0.6) is 0 Å². The number of non-ortho nitro benzene ring substituents is 1. The Balaban J connectivity index is 2.87. The molecule has 0 aliphatic heterocycles. The van der Waals surface area contributed by atoms with Crippen LogP contribution in [0.3, 0.4) is 0 Å². The zero-order chi connectivity index (χ0) is 12.7. The lowest BCUT2D eigenvalue weighted by Gasteiger charge is -1.96. The van der Waals surface area contributed by atoms with Gasteiger partial charge >= 0.3 is 0 Å². The van der Waals surface area contributed by atoms with Crippen molar-refractivity contribution in [1.82, 2.24) is 0 Å². The van der Waals surface area contributed by atoms with Gasteiger partial charge in [0.2, 0.25) is 0 Å². The van der Waals surface area contributed by atoms with Gasteiger partial charge in [0.1, 0.15) is 0 Å².